The van der Waals surface area contributed by atoms with Gasteiger partial charge in [0.05, 0.1) is 12.7 Å². The number of ether oxygens (including phenoxy) is 1. The highest BCUT2D eigenvalue weighted by molar-refractivity contribution is 5.88. The molecule has 1 aliphatic rings. The molecule has 0 atom stereocenters. The lowest BCUT2D eigenvalue weighted by Gasteiger charge is -2.32. The lowest BCUT2D eigenvalue weighted by molar-refractivity contribution is -0.114. The number of carbonyl (C=O) groups excluding carboxylic acids is 1. The third-order valence-electron chi connectivity index (χ3n) is 5.86. The number of imidazole rings is 1. The molecule has 0 fully saturated rings. The summed E-state index contributed by atoms with van der Waals surface area (Å²) < 4.78 is 9.68. The lowest BCUT2D eigenvalue weighted by Crippen LogP contribution is -2.40. The van der Waals surface area contributed by atoms with E-state index in [2.05, 4.69) is 62.4 Å². The number of rotatable bonds is 5. The average molecular weight is 487 g/mol. The van der Waals surface area contributed by atoms with Crippen molar-refractivity contribution in [3.05, 3.63) is 36.2 Å². The predicted octanol–water partition coefficient (Wildman–Crippen LogP) is 3.54. The molecule has 12 nitrogen and oxygen atoms in total. The molecule has 0 aromatic carbocycles. The summed E-state index contributed by atoms with van der Waals surface area (Å²) in [4.78, 5) is 26.7. The van der Waals surface area contributed by atoms with Gasteiger partial charge < -0.3 is 24.8 Å². The zero-order valence-electron chi connectivity index (χ0n) is 20.7. The topological polar surface area (TPSA) is 139 Å². The quantitative estimate of drug-likeness (QED) is 0.433. The predicted molar refractivity (Wildman–Crippen MR) is 134 cm³/mol. The second kappa shape index (κ2) is 8.53. The summed E-state index contributed by atoms with van der Waals surface area (Å²) in [5, 5.41) is 20.5. The molecule has 0 radical (unpaired) electrons. The van der Waals surface area contributed by atoms with Gasteiger partial charge in [0.1, 0.15) is 34.5 Å². The van der Waals surface area contributed by atoms with Gasteiger partial charge in [-0.1, -0.05) is 0 Å². The Morgan fingerprint density at radius 3 is 2.72 bits per heavy atom. The highest BCUT2D eigenvalue weighted by atomic mass is 16.5. The molecule has 4 aromatic heterocycles. The molecule has 0 aliphatic carbocycles. The summed E-state index contributed by atoms with van der Waals surface area (Å²) in [7, 11) is 1.80. The largest absolute Gasteiger partial charge is 0.454 e. The number of nitriles is 1. The number of nitrogens with one attached hydrogen (secondary N) is 2. The molecule has 0 saturated heterocycles. The molecule has 0 saturated carbocycles. The number of anilines is 4. The van der Waals surface area contributed by atoms with Crippen molar-refractivity contribution in [3.8, 4) is 17.6 Å². The molecule has 2 N–H and O–H groups in total. The van der Waals surface area contributed by atoms with Crippen LogP contribution in [0.5, 0.6) is 11.5 Å². The molecule has 12 heteroatoms. The number of nitrogens with zero attached hydrogens (tertiary/aromatic N) is 8. The van der Waals surface area contributed by atoms with E-state index in [4.69, 9.17) is 4.74 Å². The van der Waals surface area contributed by atoms with Crippen LogP contribution in [-0.2, 0) is 18.4 Å². The minimum absolute atomic E-state index is 0.0107. The van der Waals surface area contributed by atoms with E-state index in [1.165, 1.54) is 19.3 Å². The van der Waals surface area contributed by atoms with Gasteiger partial charge in [0.2, 0.25) is 11.9 Å². The standard InChI is InChI=1S/C24H26N10O2/c1-14(35)28-18-10-15(6-7-26-18)36-17-13-27-22-21(16(17)12-25)32(5)23(30-22)29-19-11-20-33(24(2,3)4)8-9-34(20)31-19/h6-7,10-11,13H,8-9H2,1-5H3,(H,26,28,35)(H,27,29,30,31). The maximum Gasteiger partial charge on any atom is 0.222 e. The number of carbonyl (C=O) groups is 1. The molecule has 5 rings (SSSR count). The average Bonchev–Trinajstić information content (AvgIpc) is 3.46. The van der Waals surface area contributed by atoms with Crippen LogP contribution in [0.25, 0.3) is 11.2 Å². The molecular weight excluding hydrogens is 460 g/mol. The molecule has 1 amide bonds. The fourth-order valence-corrected chi connectivity index (χ4v) is 4.25. The highest BCUT2D eigenvalue weighted by Gasteiger charge is 2.30. The molecule has 0 spiro atoms. The maximum absolute atomic E-state index is 11.3. The van der Waals surface area contributed by atoms with E-state index in [0.717, 1.165) is 18.9 Å². The van der Waals surface area contributed by atoms with Crippen LogP contribution < -0.4 is 20.3 Å². The van der Waals surface area contributed by atoms with Crippen LogP contribution in [-0.4, -0.2) is 47.3 Å². The van der Waals surface area contributed by atoms with Gasteiger partial charge >= 0.3 is 0 Å². The maximum atomic E-state index is 11.3. The fourth-order valence-electron chi connectivity index (χ4n) is 4.25. The van der Waals surface area contributed by atoms with Gasteiger partial charge in [-0.25, -0.2) is 14.6 Å². The van der Waals surface area contributed by atoms with E-state index in [1.54, 1.807) is 23.7 Å². The van der Waals surface area contributed by atoms with Crippen molar-refractivity contribution in [1.82, 2.24) is 29.3 Å². The van der Waals surface area contributed by atoms with Gasteiger partial charge in [-0.2, -0.15) is 15.3 Å². The Hall–Kier alpha value is -4.66. The van der Waals surface area contributed by atoms with Crippen LogP contribution in [0.2, 0.25) is 0 Å². The summed E-state index contributed by atoms with van der Waals surface area (Å²) in [6, 6.07) is 7.41. The first-order chi connectivity index (χ1) is 17.1. The Morgan fingerprint density at radius 1 is 1.19 bits per heavy atom. The van der Waals surface area contributed by atoms with Crippen LogP contribution in [0.1, 0.15) is 33.3 Å². The van der Waals surface area contributed by atoms with Crippen molar-refractivity contribution in [3.63, 3.8) is 0 Å². The Labute approximate surface area is 207 Å². The molecule has 0 unspecified atom stereocenters. The second-order valence-corrected chi connectivity index (χ2v) is 9.49. The summed E-state index contributed by atoms with van der Waals surface area (Å²) in [6.45, 7) is 9.66. The van der Waals surface area contributed by atoms with E-state index in [0.29, 0.717) is 34.5 Å². The number of aryl methyl sites for hydroxylation is 1. The minimum Gasteiger partial charge on any atom is -0.454 e. The van der Waals surface area contributed by atoms with Crippen molar-refractivity contribution < 1.29 is 9.53 Å². The van der Waals surface area contributed by atoms with E-state index < -0.39 is 0 Å². The van der Waals surface area contributed by atoms with E-state index in [1.807, 2.05) is 10.7 Å². The Balaban J connectivity index is 1.45. The summed E-state index contributed by atoms with van der Waals surface area (Å²) >= 11 is 0. The fraction of sp³-hybridized carbons (Fsp3) is 0.333. The van der Waals surface area contributed by atoms with Gasteiger partial charge in [-0.15, -0.1) is 0 Å². The number of amides is 1. The summed E-state index contributed by atoms with van der Waals surface area (Å²) in [5.74, 6) is 2.98. The Kier molecular flexibility index (Phi) is 5.47. The van der Waals surface area contributed by atoms with Crippen LogP contribution in [0.3, 0.4) is 0 Å². The van der Waals surface area contributed by atoms with Gasteiger partial charge in [0.25, 0.3) is 0 Å². The monoisotopic (exact) mass is 486 g/mol. The minimum atomic E-state index is -0.246. The zero-order chi connectivity index (χ0) is 25.6. The number of pyridine rings is 2. The molecule has 36 heavy (non-hydrogen) atoms. The first kappa shape index (κ1) is 23.1. The third-order valence-corrected chi connectivity index (χ3v) is 5.86. The Morgan fingerprint density at radius 2 is 2.00 bits per heavy atom. The number of aromatic nitrogens is 6. The SMILES string of the molecule is CC(=O)Nc1cc(Oc2cnc3nc(Nc4cc5n(n4)CCN5C(C)(C)C)n(C)c3c2C#N)ccn1. The van der Waals surface area contributed by atoms with Crippen LogP contribution >= 0.6 is 0 Å². The van der Waals surface area contributed by atoms with Gasteiger partial charge in [-0.3, -0.25) is 4.79 Å². The molecule has 5 heterocycles. The van der Waals surface area contributed by atoms with Crippen molar-refractivity contribution in [1.29, 1.82) is 5.26 Å². The zero-order valence-corrected chi connectivity index (χ0v) is 20.7. The molecule has 4 aromatic rings. The van der Waals surface area contributed by atoms with Gasteiger partial charge in [-0.05, 0) is 26.8 Å². The van der Waals surface area contributed by atoms with Crippen LogP contribution in [0.4, 0.5) is 23.4 Å². The van der Waals surface area contributed by atoms with Crippen LogP contribution in [0.15, 0.2) is 30.6 Å². The lowest BCUT2D eigenvalue weighted by atomic mass is 10.1. The van der Waals surface area contributed by atoms with Crippen molar-refractivity contribution >= 4 is 40.5 Å². The summed E-state index contributed by atoms with van der Waals surface area (Å²) in [5.41, 5.74) is 1.20. The molecular formula is C24H26N10O2. The van der Waals surface area contributed by atoms with Crippen molar-refractivity contribution in [2.45, 2.75) is 39.8 Å². The van der Waals surface area contributed by atoms with Crippen LogP contribution in [0, 0.1) is 11.3 Å². The first-order valence-corrected chi connectivity index (χ1v) is 11.4. The number of hydrogen-bond donors (Lipinski definition) is 2. The molecule has 1 aliphatic heterocycles. The van der Waals surface area contributed by atoms with Gasteiger partial charge in [0.15, 0.2) is 17.2 Å². The van der Waals surface area contributed by atoms with E-state index in [-0.39, 0.29) is 22.8 Å². The normalized spacial score (nSPS) is 12.9. The van der Waals surface area contributed by atoms with Gasteiger partial charge in [0, 0.05) is 44.4 Å². The van der Waals surface area contributed by atoms with Crippen molar-refractivity contribution in [2.24, 2.45) is 7.05 Å². The first-order valence-electron chi connectivity index (χ1n) is 11.4. The smallest absolute Gasteiger partial charge is 0.222 e. The van der Waals surface area contributed by atoms with Crippen molar-refractivity contribution in [2.75, 3.05) is 22.1 Å². The number of hydrogen-bond acceptors (Lipinski definition) is 9. The highest BCUT2D eigenvalue weighted by Crippen LogP contribution is 2.34. The second-order valence-electron chi connectivity index (χ2n) is 9.49. The molecule has 0 bridgehead atoms. The molecule has 184 valence electrons. The van der Waals surface area contributed by atoms with E-state index in [9.17, 15) is 10.1 Å². The third kappa shape index (κ3) is 4.15. The Bertz CT molecular complexity index is 1520. The summed E-state index contributed by atoms with van der Waals surface area (Å²) in [6.07, 6.45) is 2.97. The number of fused-ring (bicyclic) bond motifs is 2. The van der Waals surface area contributed by atoms with E-state index >= 15 is 0 Å².